The Morgan fingerprint density at radius 2 is 2.24 bits per heavy atom. The number of aryl methyl sites for hydroxylation is 1. The number of thiophene rings is 1. The third-order valence-corrected chi connectivity index (χ3v) is 3.67. The molecule has 2 aromatic rings. The van der Waals surface area contributed by atoms with E-state index in [2.05, 4.69) is 17.2 Å². The Morgan fingerprint density at radius 3 is 2.90 bits per heavy atom. The monoisotopic (exact) mass is 299 g/mol. The number of benzene rings is 1. The van der Waals surface area contributed by atoms with E-state index >= 15 is 0 Å². The summed E-state index contributed by atoms with van der Waals surface area (Å²) in [7, 11) is 0. The van der Waals surface area contributed by atoms with Gasteiger partial charge in [-0.15, -0.1) is 0 Å². The number of hydrogen-bond donors (Lipinski definition) is 2. The highest BCUT2D eigenvalue weighted by molar-refractivity contribution is 7.08. The van der Waals surface area contributed by atoms with Crippen molar-refractivity contribution in [2.45, 2.75) is 19.8 Å². The van der Waals surface area contributed by atoms with Crippen LogP contribution in [0.5, 0.6) is 0 Å². The standard InChI is InChI=1S/C17H17NO2S/c1-2-14-11-13(5-3-4-9-19)6-7-16(14)18-17(20)15-8-10-21-12-15/h6-8,10-12,19H,2,4,9H2,1H3,(H,18,20). The van der Waals surface area contributed by atoms with Crippen LogP contribution in [0.3, 0.4) is 0 Å². The molecule has 0 aliphatic heterocycles. The first-order chi connectivity index (χ1) is 10.2. The molecule has 2 rings (SSSR count). The highest BCUT2D eigenvalue weighted by Crippen LogP contribution is 2.19. The van der Waals surface area contributed by atoms with E-state index in [1.54, 1.807) is 6.07 Å². The highest BCUT2D eigenvalue weighted by Gasteiger charge is 2.09. The highest BCUT2D eigenvalue weighted by atomic mass is 32.1. The number of carbonyl (C=O) groups excluding carboxylic acids is 1. The summed E-state index contributed by atoms with van der Waals surface area (Å²) < 4.78 is 0. The minimum Gasteiger partial charge on any atom is -0.395 e. The van der Waals surface area contributed by atoms with Gasteiger partial charge in [-0.2, -0.15) is 11.3 Å². The second-order valence-electron chi connectivity index (χ2n) is 4.47. The third-order valence-electron chi connectivity index (χ3n) is 2.99. The van der Waals surface area contributed by atoms with Crippen molar-refractivity contribution >= 4 is 22.9 Å². The number of aliphatic hydroxyl groups is 1. The Labute approximate surface area is 128 Å². The molecule has 2 N–H and O–H groups in total. The van der Waals surface area contributed by atoms with E-state index in [1.165, 1.54) is 11.3 Å². The number of rotatable bonds is 4. The van der Waals surface area contributed by atoms with Gasteiger partial charge < -0.3 is 10.4 Å². The van der Waals surface area contributed by atoms with Gasteiger partial charge in [0.2, 0.25) is 0 Å². The Bertz CT molecular complexity index is 666. The van der Waals surface area contributed by atoms with E-state index in [0.29, 0.717) is 12.0 Å². The van der Waals surface area contributed by atoms with Crippen molar-refractivity contribution in [1.29, 1.82) is 0 Å². The van der Waals surface area contributed by atoms with E-state index in [1.807, 2.05) is 35.9 Å². The summed E-state index contributed by atoms with van der Waals surface area (Å²) in [5, 5.41) is 15.4. The van der Waals surface area contributed by atoms with E-state index in [-0.39, 0.29) is 12.5 Å². The zero-order valence-electron chi connectivity index (χ0n) is 11.8. The molecule has 1 amide bonds. The number of aliphatic hydroxyl groups excluding tert-OH is 1. The van der Waals surface area contributed by atoms with Gasteiger partial charge in [0.15, 0.2) is 0 Å². The molecule has 0 spiro atoms. The molecule has 1 heterocycles. The molecular formula is C17H17NO2S. The molecule has 1 aromatic heterocycles. The first-order valence-electron chi connectivity index (χ1n) is 6.80. The Hall–Kier alpha value is -2.09. The van der Waals surface area contributed by atoms with Crippen molar-refractivity contribution in [3.05, 3.63) is 51.7 Å². The molecule has 0 aliphatic carbocycles. The molecule has 0 fully saturated rings. The van der Waals surface area contributed by atoms with Crippen molar-refractivity contribution in [3.8, 4) is 11.8 Å². The summed E-state index contributed by atoms with van der Waals surface area (Å²) >= 11 is 1.50. The lowest BCUT2D eigenvalue weighted by Crippen LogP contribution is -2.12. The number of amides is 1. The van der Waals surface area contributed by atoms with Crippen LogP contribution < -0.4 is 5.32 Å². The van der Waals surface area contributed by atoms with Crippen LogP contribution in [0.15, 0.2) is 35.0 Å². The van der Waals surface area contributed by atoms with E-state index in [0.717, 1.165) is 23.2 Å². The fourth-order valence-electron chi connectivity index (χ4n) is 1.89. The zero-order chi connectivity index (χ0) is 15.1. The lowest BCUT2D eigenvalue weighted by atomic mass is 10.1. The zero-order valence-corrected chi connectivity index (χ0v) is 12.7. The van der Waals surface area contributed by atoms with Crippen molar-refractivity contribution < 1.29 is 9.90 Å². The fraction of sp³-hybridized carbons (Fsp3) is 0.235. The van der Waals surface area contributed by atoms with Gasteiger partial charge >= 0.3 is 0 Å². The number of nitrogens with one attached hydrogen (secondary N) is 1. The van der Waals surface area contributed by atoms with Crippen molar-refractivity contribution in [2.24, 2.45) is 0 Å². The summed E-state index contributed by atoms with van der Waals surface area (Å²) in [5.41, 5.74) is 3.44. The predicted octanol–water partition coefficient (Wildman–Crippen LogP) is 3.30. The van der Waals surface area contributed by atoms with E-state index in [9.17, 15) is 4.79 Å². The van der Waals surface area contributed by atoms with Crippen LogP contribution in [0.25, 0.3) is 0 Å². The summed E-state index contributed by atoms with van der Waals surface area (Å²) in [5.74, 6) is 5.81. The van der Waals surface area contributed by atoms with Gasteiger partial charge in [0.05, 0.1) is 12.2 Å². The van der Waals surface area contributed by atoms with Crippen LogP contribution in [0.1, 0.15) is 34.8 Å². The maximum atomic E-state index is 12.1. The quantitative estimate of drug-likeness (QED) is 0.851. The molecule has 0 bridgehead atoms. The largest absolute Gasteiger partial charge is 0.395 e. The van der Waals surface area contributed by atoms with Gasteiger partial charge in [0, 0.05) is 23.1 Å². The SMILES string of the molecule is CCc1cc(C#CCCO)ccc1NC(=O)c1ccsc1. The molecule has 0 unspecified atom stereocenters. The van der Waals surface area contributed by atoms with Crippen LogP contribution in [-0.4, -0.2) is 17.6 Å². The second-order valence-corrected chi connectivity index (χ2v) is 5.25. The van der Waals surface area contributed by atoms with Gasteiger partial charge in [0.1, 0.15) is 0 Å². The maximum absolute atomic E-state index is 12.1. The molecule has 0 saturated heterocycles. The molecule has 1 aromatic carbocycles. The molecule has 0 atom stereocenters. The molecule has 0 saturated carbocycles. The maximum Gasteiger partial charge on any atom is 0.256 e. The summed E-state index contributed by atoms with van der Waals surface area (Å²) in [6, 6.07) is 7.55. The summed E-state index contributed by atoms with van der Waals surface area (Å²) in [4.78, 5) is 12.1. The van der Waals surface area contributed by atoms with Gasteiger partial charge in [0.25, 0.3) is 5.91 Å². The minimum absolute atomic E-state index is 0.0718. The number of carbonyl (C=O) groups is 1. The molecule has 4 heteroatoms. The van der Waals surface area contributed by atoms with Gasteiger partial charge in [-0.3, -0.25) is 4.79 Å². The Balaban J connectivity index is 2.17. The second kappa shape index (κ2) is 7.63. The average Bonchev–Trinajstić information content (AvgIpc) is 3.03. The molecule has 108 valence electrons. The lowest BCUT2D eigenvalue weighted by molar-refractivity contribution is 0.102. The first-order valence-corrected chi connectivity index (χ1v) is 7.75. The number of anilines is 1. The van der Waals surface area contributed by atoms with Crippen LogP contribution in [0.4, 0.5) is 5.69 Å². The van der Waals surface area contributed by atoms with E-state index in [4.69, 9.17) is 5.11 Å². The first kappa shape index (κ1) is 15.3. The minimum atomic E-state index is -0.0925. The molecular weight excluding hydrogens is 282 g/mol. The molecule has 0 aliphatic rings. The molecule has 21 heavy (non-hydrogen) atoms. The van der Waals surface area contributed by atoms with Crippen molar-refractivity contribution in [1.82, 2.24) is 0 Å². The normalized spacial score (nSPS) is 9.81. The van der Waals surface area contributed by atoms with Crippen molar-refractivity contribution in [2.75, 3.05) is 11.9 Å². The third kappa shape index (κ3) is 4.19. The fourth-order valence-corrected chi connectivity index (χ4v) is 2.53. The summed E-state index contributed by atoms with van der Waals surface area (Å²) in [6.07, 6.45) is 1.28. The predicted molar refractivity (Wildman–Crippen MR) is 86.7 cm³/mol. The molecule has 3 nitrogen and oxygen atoms in total. The smallest absolute Gasteiger partial charge is 0.256 e. The van der Waals surface area contributed by atoms with Gasteiger partial charge in [-0.25, -0.2) is 0 Å². The molecule has 0 radical (unpaired) electrons. The van der Waals surface area contributed by atoms with Crippen LogP contribution in [-0.2, 0) is 6.42 Å². The number of hydrogen-bond acceptors (Lipinski definition) is 3. The van der Waals surface area contributed by atoms with Gasteiger partial charge in [-0.05, 0) is 41.6 Å². The van der Waals surface area contributed by atoms with Crippen LogP contribution in [0.2, 0.25) is 0 Å². The van der Waals surface area contributed by atoms with Crippen LogP contribution in [0, 0.1) is 11.8 Å². The Kier molecular flexibility index (Phi) is 5.56. The van der Waals surface area contributed by atoms with Gasteiger partial charge in [-0.1, -0.05) is 18.8 Å². The lowest BCUT2D eigenvalue weighted by Gasteiger charge is -2.09. The van der Waals surface area contributed by atoms with Crippen LogP contribution >= 0.6 is 11.3 Å². The Morgan fingerprint density at radius 1 is 1.38 bits per heavy atom. The van der Waals surface area contributed by atoms with E-state index < -0.39 is 0 Å². The van der Waals surface area contributed by atoms with Crippen molar-refractivity contribution in [3.63, 3.8) is 0 Å². The average molecular weight is 299 g/mol. The topological polar surface area (TPSA) is 49.3 Å². The summed E-state index contributed by atoms with van der Waals surface area (Å²) in [6.45, 7) is 2.11.